The highest BCUT2D eigenvalue weighted by Crippen LogP contribution is 2.18. The van der Waals surface area contributed by atoms with Crippen molar-refractivity contribution in [3.8, 4) is 0 Å². The molecule has 5 heteroatoms. The predicted molar refractivity (Wildman–Crippen MR) is 132 cm³/mol. The van der Waals surface area contributed by atoms with Crippen molar-refractivity contribution in [2.75, 3.05) is 36.0 Å². The number of amides is 1. The zero-order valence-corrected chi connectivity index (χ0v) is 19.8. The Balaban J connectivity index is 1.72. The standard InChI is InChI=1S/C24H32IN3O/c1-20-9-7-13-22(17-20)27-23(29)24(2,3)18-26-14-16-28(19-25)15-8-12-21-10-5-4-6-11-21/h4-13,17,26H,14-16,18-19H2,1-3H3,(H,27,29)/b12-8+. The second-order valence-corrected chi connectivity index (χ2v) is 8.58. The molecule has 0 radical (unpaired) electrons. The topological polar surface area (TPSA) is 44.4 Å². The first-order valence-corrected chi connectivity index (χ1v) is 11.5. The molecule has 0 aromatic heterocycles. The van der Waals surface area contributed by atoms with Crippen molar-refractivity contribution >= 4 is 40.3 Å². The van der Waals surface area contributed by atoms with Gasteiger partial charge in [-0.3, -0.25) is 9.69 Å². The van der Waals surface area contributed by atoms with Crippen molar-refractivity contribution in [2.24, 2.45) is 5.41 Å². The fraction of sp³-hybridized carbons (Fsp3) is 0.375. The van der Waals surface area contributed by atoms with Gasteiger partial charge in [0.15, 0.2) is 0 Å². The number of nitrogens with zero attached hydrogens (tertiary/aromatic N) is 1. The molecular weight excluding hydrogens is 473 g/mol. The maximum absolute atomic E-state index is 12.6. The molecule has 0 bridgehead atoms. The molecule has 1 amide bonds. The highest BCUT2D eigenvalue weighted by atomic mass is 127. The van der Waals surface area contributed by atoms with Crippen LogP contribution in [0.4, 0.5) is 5.69 Å². The molecule has 0 atom stereocenters. The van der Waals surface area contributed by atoms with Gasteiger partial charge in [0.05, 0.1) is 9.97 Å². The summed E-state index contributed by atoms with van der Waals surface area (Å²) in [5.74, 6) is 0.0344. The quantitative estimate of drug-likeness (QED) is 0.197. The Hall–Kier alpha value is -1.70. The molecule has 0 fully saturated rings. The van der Waals surface area contributed by atoms with Crippen molar-refractivity contribution in [3.05, 3.63) is 71.8 Å². The number of hydrogen-bond acceptors (Lipinski definition) is 3. The molecule has 0 aliphatic carbocycles. The first kappa shape index (κ1) is 23.6. The molecule has 2 N–H and O–H groups in total. The lowest BCUT2D eigenvalue weighted by Gasteiger charge is -2.25. The summed E-state index contributed by atoms with van der Waals surface area (Å²) < 4.78 is 0.968. The molecule has 29 heavy (non-hydrogen) atoms. The molecule has 2 aromatic carbocycles. The summed E-state index contributed by atoms with van der Waals surface area (Å²) in [7, 11) is 0. The Morgan fingerprint density at radius 2 is 1.90 bits per heavy atom. The summed E-state index contributed by atoms with van der Waals surface area (Å²) in [6, 6.07) is 18.2. The maximum atomic E-state index is 12.6. The third-order valence-corrected chi connectivity index (χ3v) is 5.67. The molecule has 0 unspecified atom stereocenters. The average Bonchev–Trinajstić information content (AvgIpc) is 2.70. The van der Waals surface area contributed by atoms with Gasteiger partial charge in [-0.15, -0.1) is 0 Å². The minimum atomic E-state index is -0.480. The fourth-order valence-electron chi connectivity index (χ4n) is 2.84. The molecular formula is C24H32IN3O. The van der Waals surface area contributed by atoms with Gasteiger partial charge in [-0.1, -0.05) is 77.2 Å². The van der Waals surface area contributed by atoms with Gasteiger partial charge in [-0.05, 0) is 44.0 Å². The van der Waals surface area contributed by atoms with Gasteiger partial charge >= 0.3 is 0 Å². The normalized spacial score (nSPS) is 11.9. The van der Waals surface area contributed by atoms with Gasteiger partial charge < -0.3 is 10.6 Å². The number of aryl methyl sites for hydroxylation is 1. The van der Waals surface area contributed by atoms with Crippen LogP contribution in [0.3, 0.4) is 0 Å². The van der Waals surface area contributed by atoms with Crippen LogP contribution >= 0.6 is 22.6 Å². The van der Waals surface area contributed by atoms with E-state index in [4.69, 9.17) is 0 Å². The van der Waals surface area contributed by atoms with E-state index in [0.29, 0.717) is 6.54 Å². The van der Waals surface area contributed by atoms with E-state index in [1.807, 2.05) is 51.1 Å². The Bertz CT molecular complexity index is 790. The fourth-order valence-corrected chi connectivity index (χ4v) is 3.46. The third-order valence-electron chi connectivity index (χ3n) is 4.70. The van der Waals surface area contributed by atoms with E-state index in [-0.39, 0.29) is 5.91 Å². The van der Waals surface area contributed by atoms with E-state index in [9.17, 15) is 4.79 Å². The number of carbonyl (C=O) groups excluding carboxylic acids is 1. The molecule has 2 rings (SSSR count). The number of nitrogens with one attached hydrogen (secondary N) is 2. The Morgan fingerprint density at radius 3 is 2.59 bits per heavy atom. The van der Waals surface area contributed by atoms with E-state index in [1.54, 1.807) is 0 Å². The van der Waals surface area contributed by atoms with Gasteiger partial charge in [0.1, 0.15) is 0 Å². The molecule has 0 saturated heterocycles. The van der Waals surface area contributed by atoms with Crippen LogP contribution in [0.2, 0.25) is 0 Å². The number of rotatable bonds is 11. The maximum Gasteiger partial charge on any atom is 0.231 e. The van der Waals surface area contributed by atoms with E-state index < -0.39 is 5.41 Å². The van der Waals surface area contributed by atoms with Gasteiger partial charge in [-0.2, -0.15) is 0 Å². The average molecular weight is 505 g/mol. The van der Waals surface area contributed by atoms with Gasteiger partial charge in [0.25, 0.3) is 0 Å². The van der Waals surface area contributed by atoms with Crippen LogP contribution in [0.1, 0.15) is 25.0 Å². The van der Waals surface area contributed by atoms with Crippen LogP contribution < -0.4 is 10.6 Å². The van der Waals surface area contributed by atoms with E-state index in [0.717, 1.165) is 35.4 Å². The number of anilines is 1. The molecule has 0 aliphatic rings. The second kappa shape index (κ2) is 12.1. The van der Waals surface area contributed by atoms with E-state index >= 15 is 0 Å². The number of benzene rings is 2. The monoisotopic (exact) mass is 505 g/mol. The predicted octanol–water partition coefficient (Wildman–Crippen LogP) is 4.96. The lowest BCUT2D eigenvalue weighted by atomic mass is 9.92. The van der Waals surface area contributed by atoms with Crippen LogP contribution in [-0.2, 0) is 4.79 Å². The van der Waals surface area contributed by atoms with Crippen LogP contribution in [0.5, 0.6) is 0 Å². The minimum absolute atomic E-state index is 0.0344. The van der Waals surface area contributed by atoms with Crippen molar-refractivity contribution in [3.63, 3.8) is 0 Å². The molecule has 0 spiro atoms. The molecule has 0 aliphatic heterocycles. The molecule has 156 valence electrons. The van der Waals surface area contributed by atoms with Crippen LogP contribution in [0.25, 0.3) is 6.08 Å². The van der Waals surface area contributed by atoms with Crippen molar-refractivity contribution in [2.45, 2.75) is 20.8 Å². The summed E-state index contributed by atoms with van der Waals surface area (Å²) in [6.45, 7) is 9.32. The van der Waals surface area contributed by atoms with Crippen LogP contribution in [0, 0.1) is 12.3 Å². The lowest BCUT2D eigenvalue weighted by molar-refractivity contribution is -0.123. The smallest absolute Gasteiger partial charge is 0.231 e. The van der Waals surface area contributed by atoms with Gasteiger partial charge in [-0.25, -0.2) is 0 Å². The van der Waals surface area contributed by atoms with E-state index in [1.165, 1.54) is 5.56 Å². The number of hydrogen-bond donors (Lipinski definition) is 2. The highest BCUT2D eigenvalue weighted by molar-refractivity contribution is 14.1. The number of alkyl halides is 1. The van der Waals surface area contributed by atoms with Crippen LogP contribution in [0.15, 0.2) is 60.7 Å². The Kier molecular flexibility index (Phi) is 9.84. The SMILES string of the molecule is Cc1cccc(NC(=O)C(C)(C)CNCCN(CI)C/C=C/c2ccccc2)c1. The van der Waals surface area contributed by atoms with Gasteiger partial charge in [0, 0.05) is 31.9 Å². The summed E-state index contributed by atoms with van der Waals surface area (Å²) >= 11 is 2.40. The Morgan fingerprint density at radius 1 is 1.14 bits per heavy atom. The third kappa shape index (κ3) is 8.68. The zero-order chi connectivity index (χ0) is 21.1. The molecule has 2 aromatic rings. The van der Waals surface area contributed by atoms with E-state index in [2.05, 4.69) is 74.5 Å². The molecule has 0 saturated carbocycles. The summed E-state index contributed by atoms with van der Waals surface area (Å²) in [5, 5.41) is 6.47. The first-order valence-electron chi connectivity index (χ1n) is 9.99. The summed E-state index contributed by atoms with van der Waals surface area (Å²) in [6.07, 6.45) is 4.36. The Labute approximate surface area is 188 Å². The minimum Gasteiger partial charge on any atom is -0.326 e. The van der Waals surface area contributed by atoms with Gasteiger partial charge in [0.2, 0.25) is 5.91 Å². The summed E-state index contributed by atoms with van der Waals surface area (Å²) in [5.41, 5.74) is 2.73. The first-order chi connectivity index (χ1) is 13.9. The summed E-state index contributed by atoms with van der Waals surface area (Å²) in [4.78, 5) is 15.0. The van der Waals surface area contributed by atoms with Crippen molar-refractivity contribution in [1.82, 2.24) is 10.2 Å². The lowest BCUT2D eigenvalue weighted by Crippen LogP contribution is -2.42. The van der Waals surface area contributed by atoms with Crippen LogP contribution in [-0.4, -0.2) is 41.5 Å². The van der Waals surface area contributed by atoms with Crippen molar-refractivity contribution < 1.29 is 4.79 Å². The van der Waals surface area contributed by atoms with Crippen molar-refractivity contribution in [1.29, 1.82) is 0 Å². The number of halogens is 1. The molecule has 4 nitrogen and oxygen atoms in total. The number of carbonyl (C=O) groups is 1. The highest BCUT2D eigenvalue weighted by Gasteiger charge is 2.27. The largest absolute Gasteiger partial charge is 0.326 e. The zero-order valence-electron chi connectivity index (χ0n) is 17.6. The second-order valence-electron chi connectivity index (χ2n) is 7.89. The molecule has 0 heterocycles.